The van der Waals surface area contributed by atoms with Crippen LogP contribution in [0.25, 0.3) is 11.3 Å². The van der Waals surface area contributed by atoms with Gasteiger partial charge in [-0.2, -0.15) is 8.78 Å². The molecule has 0 aliphatic heterocycles. The molecule has 1 aromatic heterocycles. The van der Waals surface area contributed by atoms with E-state index in [4.69, 9.17) is 5.73 Å². The zero-order valence-electron chi connectivity index (χ0n) is 13.5. The number of nitrogens with zero attached hydrogens (tertiary/aromatic N) is 1. The monoisotopic (exact) mass is 355 g/mol. The van der Waals surface area contributed by atoms with Crippen LogP contribution in [-0.4, -0.2) is 23.5 Å². The molecule has 0 aliphatic carbocycles. The van der Waals surface area contributed by atoms with Crippen molar-refractivity contribution in [1.82, 2.24) is 4.98 Å². The number of nitrogens with one attached hydrogen (secondary N) is 1. The molecule has 0 saturated carbocycles. The highest BCUT2D eigenvalue weighted by Gasteiger charge is 2.19. The fourth-order valence-electron chi connectivity index (χ4n) is 1.97. The van der Waals surface area contributed by atoms with E-state index in [1.165, 1.54) is 23.5 Å². The average Bonchev–Trinajstić information content (AvgIpc) is 2.87. The molecule has 8 heteroatoms. The van der Waals surface area contributed by atoms with Gasteiger partial charge in [-0.15, -0.1) is 11.3 Å². The van der Waals surface area contributed by atoms with Gasteiger partial charge in [0.05, 0.1) is 11.6 Å². The van der Waals surface area contributed by atoms with Gasteiger partial charge in [-0.3, -0.25) is 4.79 Å². The number of carbonyl (C=O) groups excluding carboxylic acids is 1. The molecule has 0 saturated heterocycles. The molecule has 0 bridgehead atoms. The number of nitrogens with two attached hydrogens (primary N) is 1. The van der Waals surface area contributed by atoms with Crippen LogP contribution in [0.1, 0.15) is 18.7 Å². The van der Waals surface area contributed by atoms with E-state index in [9.17, 15) is 13.6 Å². The van der Waals surface area contributed by atoms with Crippen molar-refractivity contribution in [3.05, 3.63) is 29.1 Å². The molecule has 2 aromatic rings. The highest BCUT2D eigenvalue weighted by Crippen LogP contribution is 2.31. The van der Waals surface area contributed by atoms with Crippen molar-refractivity contribution in [3.8, 4) is 17.0 Å². The minimum absolute atomic E-state index is 0.0842. The van der Waals surface area contributed by atoms with Crippen LogP contribution in [0.3, 0.4) is 0 Å². The summed E-state index contributed by atoms with van der Waals surface area (Å²) < 4.78 is 28.7. The van der Waals surface area contributed by atoms with Crippen molar-refractivity contribution < 1.29 is 18.3 Å². The molecular weight excluding hydrogens is 336 g/mol. The summed E-state index contributed by atoms with van der Waals surface area (Å²) in [6.45, 7) is 2.54. The van der Waals surface area contributed by atoms with E-state index in [1.54, 1.807) is 26.0 Å². The van der Waals surface area contributed by atoms with Gasteiger partial charge in [0.2, 0.25) is 5.91 Å². The van der Waals surface area contributed by atoms with Gasteiger partial charge < -0.3 is 15.8 Å². The molecule has 0 aliphatic rings. The van der Waals surface area contributed by atoms with Crippen LogP contribution in [0, 0.1) is 12.8 Å². The first-order valence-electron chi connectivity index (χ1n) is 7.37. The van der Waals surface area contributed by atoms with E-state index in [0.717, 1.165) is 10.4 Å². The Bertz CT molecular complexity index is 702. The topological polar surface area (TPSA) is 77.2 Å². The maximum absolute atomic E-state index is 12.2. The number of alkyl halides is 2. The first-order valence-corrected chi connectivity index (χ1v) is 8.18. The van der Waals surface area contributed by atoms with Crippen molar-refractivity contribution in [3.63, 3.8) is 0 Å². The molecule has 130 valence electrons. The highest BCUT2D eigenvalue weighted by molar-refractivity contribution is 7.16. The number of aryl methyl sites for hydroxylation is 1. The Balaban J connectivity index is 2.15. The lowest BCUT2D eigenvalue weighted by molar-refractivity contribution is -0.119. The predicted molar refractivity (Wildman–Crippen MR) is 90.4 cm³/mol. The SMILES string of the molecule is Cc1sc(NC(=O)C(C)C(C)N)nc1-c1ccc(OC(F)F)cc1. The quantitative estimate of drug-likeness (QED) is 0.829. The molecule has 2 unspecified atom stereocenters. The highest BCUT2D eigenvalue weighted by atomic mass is 32.1. The summed E-state index contributed by atoms with van der Waals surface area (Å²) in [5, 5.41) is 3.24. The standard InChI is InChI=1S/C16H19F2N3O2S/c1-8(9(2)19)14(22)21-16-20-13(10(3)24-16)11-4-6-12(7-5-11)23-15(17)18/h4-9,15H,19H2,1-3H3,(H,20,21,22). The summed E-state index contributed by atoms with van der Waals surface area (Å²) in [7, 11) is 0. The van der Waals surface area contributed by atoms with E-state index in [1.807, 2.05) is 6.92 Å². The van der Waals surface area contributed by atoms with Gasteiger partial charge in [0.1, 0.15) is 5.75 Å². The smallest absolute Gasteiger partial charge is 0.387 e. The number of amides is 1. The molecule has 1 heterocycles. The number of rotatable bonds is 6. The number of halogens is 2. The number of hydrogen-bond donors (Lipinski definition) is 2. The number of carbonyl (C=O) groups is 1. The first-order chi connectivity index (χ1) is 11.3. The van der Waals surface area contributed by atoms with Gasteiger partial charge in [-0.05, 0) is 38.1 Å². The lowest BCUT2D eigenvalue weighted by atomic mass is 10.0. The van der Waals surface area contributed by atoms with Crippen molar-refractivity contribution in [2.24, 2.45) is 11.7 Å². The van der Waals surface area contributed by atoms with Crippen molar-refractivity contribution in [2.45, 2.75) is 33.4 Å². The number of anilines is 1. The largest absolute Gasteiger partial charge is 0.435 e. The van der Waals surface area contributed by atoms with Crippen LogP contribution < -0.4 is 15.8 Å². The summed E-state index contributed by atoms with van der Waals surface area (Å²) in [5.74, 6) is -0.435. The Labute approximate surface area is 142 Å². The summed E-state index contributed by atoms with van der Waals surface area (Å²) in [6.07, 6.45) is 0. The van der Waals surface area contributed by atoms with Crippen LogP contribution in [0.4, 0.5) is 13.9 Å². The van der Waals surface area contributed by atoms with Gasteiger partial charge in [0.25, 0.3) is 0 Å². The van der Waals surface area contributed by atoms with E-state index in [0.29, 0.717) is 10.8 Å². The van der Waals surface area contributed by atoms with E-state index in [-0.39, 0.29) is 23.6 Å². The van der Waals surface area contributed by atoms with Gasteiger partial charge in [0, 0.05) is 16.5 Å². The fraction of sp³-hybridized carbons (Fsp3) is 0.375. The fourth-order valence-corrected chi connectivity index (χ4v) is 2.81. The predicted octanol–water partition coefficient (Wildman–Crippen LogP) is 3.64. The number of thiazole rings is 1. The van der Waals surface area contributed by atoms with Crippen LogP contribution in [0.15, 0.2) is 24.3 Å². The Morgan fingerprint density at radius 1 is 1.29 bits per heavy atom. The third-order valence-electron chi connectivity index (χ3n) is 3.58. The molecule has 2 rings (SSSR count). The molecule has 1 aromatic carbocycles. The number of ether oxygens (including phenoxy) is 1. The molecule has 0 fully saturated rings. The Morgan fingerprint density at radius 2 is 1.92 bits per heavy atom. The second-order valence-corrected chi connectivity index (χ2v) is 6.67. The first kappa shape index (κ1) is 18.3. The third-order valence-corrected chi connectivity index (χ3v) is 4.47. The second-order valence-electron chi connectivity index (χ2n) is 5.46. The van der Waals surface area contributed by atoms with Crippen LogP contribution >= 0.6 is 11.3 Å². The maximum atomic E-state index is 12.2. The molecule has 3 N–H and O–H groups in total. The van der Waals surface area contributed by atoms with Crippen molar-refractivity contribution in [1.29, 1.82) is 0 Å². The number of aromatic nitrogens is 1. The van der Waals surface area contributed by atoms with Crippen LogP contribution in [0.5, 0.6) is 5.75 Å². The molecule has 2 atom stereocenters. The maximum Gasteiger partial charge on any atom is 0.387 e. The molecular formula is C16H19F2N3O2S. The molecule has 5 nitrogen and oxygen atoms in total. The van der Waals surface area contributed by atoms with E-state index in [2.05, 4.69) is 15.0 Å². The van der Waals surface area contributed by atoms with Crippen molar-refractivity contribution in [2.75, 3.05) is 5.32 Å². The van der Waals surface area contributed by atoms with Crippen LogP contribution in [-0.2, 0) is 4.79 Å². The average molecular weight is 355 g/mol. The van der Waals surface area contributed by atoms with Crippen LogP contribution in [0.2, 0.25) is 0 Å². The summed E-state index contributed by atoms with van der Waals surface area (Å²) in [6, 6.07) is 5.95. The van der Waals surface area contributed by atoms with Gasteiger partial charge in [0.15, 0.2) is 5.13 Å². The number of hydrogen-bond acceptors (Lipinski definition) is 5. The third kappa shape index (κ3) is 4.48. The zero-order chi connectivity index (χ0) is 17.9. The molecule has 24 heavy (non-hydrogen) atoms. The summed E-state index contributed by atoms with van der Waals surface area (Å²) in [5.41, 5.74) is 7.17. The Kier molecular flexibility index (Phi) is 5.84. The molecule has 0 radical (unpaired) electrons. The summed E-state index contributed by atoms with van der Waals surface area (Å²) >= 11 is 1.35. The van der Waals surface area contributed by atoms with Gasteiger partial charge in [-0.25, -0.2) is 4.98 Å². The lowest BCUT2D eigenvalue weighted by Crippen LogP contribution is -2.34. The Hall–Kier alpha value is -2.06. The zero-order valence-corrected chi connectivity index (χ0v) is 14.4. The molecule has 1 amide bonds. The molecule has 0 spiro atoms. The van der Waals surface area contributed by atoms with Gasteiger partial charge in [-0.1, -0.05) is 6.92 Å². The van der Waals surface area contributed by atoms with E-state index >= 15 is 0 Å². The second kappa shape index (κ2) is 7.67. The van der Waals surface area contributed by atoms with E-state index < -0.39 is 6.61 Å². The minimum atomic E-state index is -2.86. The van der Waals surface area contributed by atoms with Crippen molar-refractivity contribution >= 4 is 22.4 Å². The van der Waals surface area contributed by atoms with Gasteiger partial charge >= 0.3 is 6.61 Å². The Morgan fingerprint density at radius 3 is 2.46 bits per heavy atom. The normalized spacial score (nSPS) is 13.6. The minimum Gasteiger partial charge on any atom is -0.435 e. The summed E-state index contributed by atoms with van der Waals surface area (Å²) in [4.78, 5) is 17.4. The lowest BCUT2D eigenvalue weighted by Gasteiger charge is -2.13. The number of benzene rings is 1.